The zero-order chi connectivity index (χ0) is 15.6. The van der Waals surface area contributed by atoms with Gasteiger partial charge in [0.25, 0.3) is 0 Å². The molecule has 4 nitrogen and oxygen atoms in total. The maximum absolute atomic E-state index is 13.1. The Morgan fingerprint density at radius 2 is 1.81 bits per heavy atom. The molecule has 2 aromatic carbocycles. The van der Waals surface area contributed by atoms with Gasteiger partial charge in [-0.3, -0.25) is 0 Å². The second kappa shape index (κ2) is 6.01. The molecule has 0 aliphatic heterocycles. The SMILES string of the molecule is CN(Cc1ccc(Cl)cc1)S(=O)(=O)c1ccc(F)c(N)c1. The summed E-state index contributed by atoms with van der Waals surface area (Å²) in [6, 6.07) is 10.2. The minimum atomic E-state index is -3.73. The summed E-state index contributed by atoms with van der Waals surface area (Å²) >= 11 is 5.78. The molecule has 2 N–H and O–H groups in total. The standard InChI is InChI=1S/C14H14ClFN2O2S/c1-18(9-10-2-4-11(15)5-3-10)21(19,20)12-6-7-13(16)14(17)8-12/h2-8H,9,17H2,1H3. The van der Waals surface area contributed by atoms with Crippen molar-refractivity contribution in [2.45, 2.75) is 11.4 Å². The maximum atomic E-state index is 13.1. The largest absolute Gasteiger partial charge is 0.396 e. The van der Waals surface area contributed by atoms with Crippen LogP contribution in [0.4, 0.5) is 10.1 Å². The molecule has 0 saturated carbocycles. The van der Waals surface area contributed by atoms with E-state index in [1.165, 1.54) is 17.4 Å². The summed E-state index contributed by atoms with van der Waals surface area (Å²) in [5.41, 5.74) is 6.01. The Kier molecular flexibility index (Phi) is 4.51. The molecular formula is C14H14ClFN2O2S. The van der Waals surface area contributed by atoms with Crippen molar-refractivity contribution in [1.29, 1.82) is 0 Å². The zero-order valence-electron chi connectivity index (χ0n) is 11.3. The van der Waals surface area contributed by atoms with Gasteiger partial charge in [-0.15, -0.1) is 0 Å². The molecule has 0 heterocycles. The summed E-state index contributed by atoms with van der Waals surface area (Å²) in [4.78, 5) is -0.0436. The minimum absolute atomic E-state index is 0.0436. The van der Waals surface area contributed by atoms with E-state index in [1.54, 1.807) is 24.3 Å². The van der Waals surface area contributed by atoms with E-state index in [9.17, 15) is 12.8 Å². The predicted molar refractivity (Wildman–Crippen MR) is 80.9 cm³/mol. The fourth-order valence-electron chi connectivity index (χ4n) is 1.79. The summed E-state index contributed by atoms with van der Waals surface area (Å²) < 4.78 is 39.1. The lowest BCUT2D eigenvalue weighted by molar-refractivity contribution is 0.466. The Labute approximate surface area is 128 Å². The molecule has 0 fully saturated rings. The quantitative estimate of drug-likeness (QED) is 0.878. The van der Waals surface area contributed by atoms with Crippen molar-refractivity contribution in [1.82, 2.24) is 4.31 Å². The first kappa shape index (κ1) is 15.8. The molecule has 21 heavy (non-hydrogen) atoms. The van der Waals surface area contributed by atoms with Crippen molar-refractivity contribution in [2.24, 2.45) is 0 Å². The Morgan fingerprint density at radius 1 is 1.19 bits per heavy atom. The molecule has 2 rings (SSSR count). The van der Waals surface area contributed by atoms with Crippen molar-refractivity contribution in [3.8, 4) is 0 Å². The van der Waals surface area contributed by atoms with Crippen LogP contribution in [0.15, 0.2) is 47.4 Å². The lowest BCUT2D eigenvalue weighted by atomic mass is 10.2. The highest BCUT2D eigenvalue weighted by atomic mass is 35.5. The third-order valence-electron chi connectivity index (χ3n) is 2.99. The van der Waals surface area contributed by atoms with E-state index in [0.717, 1.165) is 17.7 Å². The highest BCUT2D eigenvalue weighted by molar-refractivity contribution is 7.89. The van der Waals surface area contributed by atoms with Crippen LogP contribution in [0.2, 0.25) is 5.02 Å². The van der Waals surface area contributed by atoms with E-state index in [4.69, 9.17) is 17.3 Å². The smallest absolute Gasteiger partial charge is 0.243 e. The van der Waals surface area contributed by atoms with E-state index < -0.39 is 15.8 Å². The Bertz CT molecular complexity index is 748. The van der Waals surface area contributed by atoms with Crippen LogP contribution in [-0.2, 0) is 16.6 Å². The van der Waals surface area contributed by atoms with Crippen LogP contribution >= 0.6 is 11.6 Å². The number of nitrogens with zero attached hydrogens (tertiary/aromatic N) is 1. The molecule has 0 saturated heterocycles. The summed E-state index contributed by atoms with van der Waals surface area (Å²) in [6.45, 7) is 0.177. The third kappa shape index (κ3) is 3.53. The molecule has 0 spiro atoms. The zero-order valence-corrected chi connectivity index (χ0v) is 12.8. The first-order valence-electron chi connectivity index (χ1n) is 6.06. The average molecular weight is 329 g/mol. The molecule has 0 amide bonds. The Morgan fingerprint density at radius 3 is 2.38 bits per heavy atom. The monoisotopic (exact) mass is 328 g/mol. The van der Waals surface area contributed by atoms with Crippen molar-refractivity contribution in [3.05, 3.63) is 58.9 Å². The Hall–Kier alpha value is -1.63. The summed E-state index contributed by atoms with van der Waals surface area (Å²) in [7, 11) is -2.28. The molecule has 0 atom stereocenters. The topological polar surface area (TPSA) is 63.4 Å². The van der Waals surface area contributed by atoms with Crippen molar-refractivity contribution < 1.29 is 12.8 Å². The summed E-state index contributed by atoms with van der Waals surface area (Å²) in [6.07, 6.45) is 0. The average Bonchev–Trinajstić information content (AvgIpc) is 2.44. The van der Waals surface area contributed by atoms with Gasteiger partial charge in [-0.2, -0.15) is 4.31 Å². The fourth-order valence-corrected chi connectivity index (χ4v) is 3.11. The molecule has 0 bridgehead atoms. The molecular weight excluding hydrogens is 315 g/mol. The third-order valence-corrected chi connectivity index (χ3v) is 5.05. The summed E-state index contributed by atoms with van der Waals surface area (Å²) in [5.74, 6) is -0.644. The van der Waals surface area contributed by atoms with Crippen molar-refractivity contribution in [3.63, 3.8) is 0 Å². The predicted octanol–water partition coefficient (Wildman–Crippen LogP) is 2.88. The molecule has 0 aliphatic rings. The number of nitrogen functional groups attached to an aromatic ring is 1. The fraction of sp³-hybridized carbons (Fsp3) is 0.143. The molecule has 0 unspecified atom stereocenters. The Balaban J connectivity index is 2.25. The molecule has 2 aromatic rings. The number of sulfonamides is 1. The number of anilines is 1. The number of hydrogen-bond donors (Lipinski definition) is 1. The van der Waals surface area contributed by atoms with Crippen molar-refractivity contribution in [2.75, 3.05) is 12.8 Å². The molecule has 112 valence electrons. The minimum Gasteiger partial charge on any atom is -0.396 e. The van der Waals surface area contributed by atoms with Crippen LogP contribution in [0.3, 0.4) is 0 Å². The van der Waals surface area contributed by atoms with Gasteiger partial charge >= 0.3 is 0 Å². The number of rotatable bonds is 4. The van der Waals surface area contributed by atoms with Gasteiger partial charge in [-0.1, -0.05) is 23.7 Å². The van der Waals surface area contributed by atoms with E-state index in [2.05, 4.69) is 0 Å². The second-order valence-corrected chi connectivity index (χ2v) is 7.05. The van der Waals surface area contributed by atoms with Crippen LogP contribution in [0, 0.1) is 5.82 Å². The number of nitrogens with two attached hydrogens (primary N) is 1. The van der Waals surface area contributed by atoms with E-state index in [-0.39, 0.29) is 17.1 Å². The number of hydrogen-bond acceptors (Lipinski definition) is 3. The molecule has 0 aromatic heterocycles. The van der Waals surface area contributed by atoms with Gasteiger partial charge in [-0.25, -0.2) is 12.8 Å². The van der Waals surface area contributed by atoms with Crippen LogP contribution in [0.5, 0.6) is 0 Å². The van der Waals surface area contributed by atoms with Gasteiger partial charge < -0.3 is 5.73 Å². The van der Waals surface area contributed by atoms with Gasteiger partial charge in [0.15, 0.2) is 0 Å². The van der Waals surface area contributed by atoms with Crippen LogP contribution in [0.1, 0.15) is 5.56 Å². The lowest BCUT2D eigenvalue weighted by Gasteiger charge is -2.17. The van der Waals surface area contributed by atoms with Gasteiger partial charge in [0.2, 0.25) is 10.0 Å². The lowest BCUT2D eigenvalue weighted by Crippen LogP contribution is -2.26. The van der Waals surface area contributed by atoms with E-state index in [0.29, 0.717) is 5.02 Å². The second-order valence-electron chi connectivity index (χ2n) is 4.57. The van der Waals surface area contributed by atoms with Crippen LogP contribution < -0.4 is 5.73 Å². The van der Waals surface area contributed by atoms with Gasteiger partial charge in [-0.05, 0) is 35.9 Å². The normalized spacial score (nSPS) is 11.8. The van der Waals surface area contributed by atoms with Crippen molar-refractivity contribution >= 4 is 27.3 Å². The first-order valence-corrected chi connectivity index (χ1v) is 7.88. The highest BCUT2D eigenvalue weighted by Crippen LogP contribution is 2.21. The number of halogens is 2. The van der Waals surface area contributed by atoms with Gasteiger partial charge in [0.05, 0.1) is 10.6 Å². The number of benzene rings is 2. The van der Waals surface area contributed by atoms with Crippen LogP contribution in [0.25, 0.3) is 0 Å². The highest BCUT2D eigenvalue weighted by Gasteiger charge is 2.21. The molecule has 7 heteroatoms. The van der Waals surface area contributed by atoms with E-state index in [1.807, 2.05) is 0 Å². The summed E-state index contributed by atoms with van der Waals surface area (Å²) in [5, 5.41) is 0.579. The van der Waals surface area contributed by atoms with E-state index >= 15 is 0 Å². The van der Waals surface area contributed by atoms with Crippen LogP contribution in [-0.4, -0.2) is 19.8 Å². The molecule has 0 radical (unpaired) electrons. The van der Waals surface area contributed by atoms with Gasteiger partial charge in [0.1, 0.15) is 5.82 Å². The van der Waals surface area contributed by atoms with Gasteiger partial charge in [0, 0.05) is 18.6 Å². The molecule has 0 aliphatic carbocycles. The first-order chi connectivity index (χ1) is 9.80. The maximum Gasteiger partial charge on any atom is 0.243 e.